The van der Waals surface area contributed by atoms with E-state index in [9.17, 15) is 18.0 Å². The maximum atomic E-state index is 12.6. The molecule has 2 aliphatic rings. The Balaban J connectivity index is 1.65. The molecular weight excluding hydrogens is 281 g/mol. The van der Waals surface area contributed by atoms with Crippen LogP contribution in [0.1, 0.15) is 12.0 Å². The number of amides is 1. The third kappa shape index (κ3) is 2.75. The highest BCUT2D eigenvalue weighted by atomic mass is 19.4. The number of benzene rings is 1. The Labute approximate surface area is 120 Å². The molecule has 0 bridgehead atoms. The van der Waals surface area contributed by atoms with Crippen molar-refractivity contribution in [1.82, 2.24) is 4.90 Å². The number of hydrogen-bond donors (Lipinski definition) is 1. The zero-order valence-corrected chi connectivity index (χ0v) is 11.3. The molecule has 1 atom stereocenters. The lowest BCUT2D eigenvalue weighted by Gasteiger charge is -2.29. The zero-order valence-electron chi connectivity index (χ0n) is 11.3. The van der Waals surface area contributed by atoms with Gasteiger partial charge >= 0.3 is 6.18 Å². The van der Waals surface area contributed by atoms with Gasteiger partial charge in [-0.1, -0.05) is 24.3 Å². The molecule has 6 heteroatoms. The first kappa shape index (κ1) is 14.0. The number of hydrogen-bond acceptors (Lipinski definition) is 2. The molecule has 0 radical (unpaired) electrons. The summed E-state index contributed by atoms with van der Waals surface area (Å²) in [6, 6.07) is 7.28. The molecule has 2 aliphatic heterocycles. The number of rotatable bonds is 1. The molecule has 0 saturated carbocycles. The predicted octanol–water partition coefficient (Wildman–Crippen LogP) is 2.74. The van der Waals surface area contributed by atoms with Crippen LogP contribution < -0.4 is 5.32 Å². The molecular formula is C15H15F3N2O. The minimum Gasteiger partial charge on any atom is -0.373 e. The minimum absolute atomic E-state index is 0.0300. The van der Waals surface area contributed by atoms with E-state index in [2.05, 4.69) is 5.32 Å². The summed E-state index contributed by atoms with van der Waals surface area (Å²) < 4.78 is 37.7. The summed E-state index contributed by atoms with van der Waals surface area (Å²) in [5.41, 5.74) is 1.47. The Hall–Kier alpha value is -1.98. The van der Waals surface area contributed by atoms with E-state index in [1.165, 1.54) is 4.90 Å². The Bertz CT molecular complexity index is 570. The van der Waals surface area contributed by atoms with Crippen LogP contribution in [-0.4, -0.2) is 36.1 Å². The van der Waals surface area contributed by atoms with Crippen LogP contribution in [-0.2, 0) is 11.2 Å². The van der Waals surface area contributed by atoms with Crippen molar-refractivity contribution >= 4 is 11.6 Å². The second kappa shape index (κ2) is 5.09. The van der Waals surface area contributed by atoms with Crippen molar-refractivity contribution in [3.63, 3.8) is 0 Å². The van der Waals surface area contributed by atoms with Crippen molar-refractivity contribution in [2.45, 2.75) is 25.1 Å². The molecule has 1 N–H and O–H groups in total. The van der Waals surface area contributed by atoms with Gasteiger partial charge in [0.1, 0.15) is 6.04 Å². The van der Waals surface area contributed by atoms with Crippen molar-refractivity contribution in [2.24, 2.45) is 0 Å². The third-order valence-electron chi connectivity index (χ3n) is 3.95. The molecule has 1 aromatic rings. The number of halogens is 3. The maximum absolute atomic E-state index is 12.6. The van der Waals surface area contributed by atoms with Gasteiger partial charge in [-0.25, -0.2) is 0 Å². The lowest BCUT2D eigenvalue weighted by molar-refractivity contribution is -0.132. The first-order chi connectivity index (χ1) is 9.95. The fourth-order valence-electron chi connectivity index (χ4n) is 2.79. The SMILES string of the molecule is O=C(C1Cc2ccccc2N1)N1CC=C(C(F)(F)F)CC1. The molecule has 3 rings (SSSR count). The predicted molar refractivity (Wildman–Crippen MR) is 72.9 cm³/mol. The average molecular weight is 296 g/mol. The van der Waals surface area contributed by atoms with Crippen LogP contribution in [0.25, 0.3) is 0 Å². The number of carbonyl (C=O) groups is 1. The van der Waals surface area contributed by atoms with Gasteiger partial charge in [0.25, 0.3) is 0 Å². The van der Waals surface area contributed by atoms with Crippen molar-refractivity contribution < 1.29 is 18.0 Å². The van der Waals surface area contributed by atoms with Gasteiger partial charge in [0.2, 0.25) is 5.91 Å². The third-order valence-corrected chi connectivity index (χ3v) is 3.95. The van der Waals surface area contributed by atoms with E-state index in [4.69, 9.17) is 0 Å². The molecule has 1 aromatic carbocycles. The number of anilines is 1. The number of para-hydroxylation sites is 1. The van der Waals surface area contributed by atoms with E-state index < -0.39 is 11.7 Å². The summed E-state index contributed by atoms with van der Waals surface area (Å²) >= 11 is 0. The van der Waals surface area contributed by atoms with Gasteiger partial charge in [-0.3, -0.25) is 4.79 Å². The van der Waals surface area contributed by atoms with E-state index >= 15 is 0 Å². The highest BCUT2D eigenvalue weighted by Gasteiger charge is 2.37. The molecule has 1 unspecified atom stereocenters. The largest absolute Gasteiger partial charge is 0.412 e. The average Bonchev–Trinajstić information content (AvgIpc) is 2.89. The molecule has 112 valence electrons. The van der Waals surface area contributed by atoms with Crippen LogP contribution in [0.15, 0.2) is 35.9 Å². The number of nitrogens with one attached hydrogen (secondary N) is 1. The summed E-state index contributed by atoms with van der Waals surface area (Å²) in [4.78, 5) is 13.9. The van der Waals surface area contributed by atoms with E-state index in [0.29, 0.717) is 6.42 Å². The second-order valence-corrected chi connectivity index (χ2v) is 5.32. The van der Waals surface area contributed by atoms with E-state index in [1.54, 1.807) is 0 Å². The van der Waals surface area contributed by atoms with Crippen molar-refractivity contribution in [3.8, 4) is 0 Å². The summed E-state index contributed by atoms with van der Waals surface area (Å²) in [5, 5.41) is 3.14. The van der Waals surface area contributed by atoms with E-state index in [0.717, 1.165) is 17.3 Å². The van der Waals surface area contributed by atoms with Gasteiger partial charge in [-0.05, 0) is 18.1 Å². The van der Waals surface area contributed by atoms with Crippen LogP contribution in [0.4, 0.5) is 18.9 Å². The lowest BCUT2D eigenvalue weighted by atomic mass is 10.1. The normalized spacial score (nSPS) is 21.6. The van der Waals surface area contributed by atoms with Crippen LogP contribution in [0.3, 0.4) is 0 Å². The second-order valence-electron chi connectivity index (χ2n) is 5.32. The van der Waals surface area contributed by atoms with Crippen LogP contribution >= 0.6 is 0 Å². The Morgan fingerprint density at radius 1 is 1.29 bits per heavy atom. The zero-order chi connectivity index (χ0) is 15.0. The van der Waals surface area contributed by atoms with Gasteiger partial charge in [-0.15, -0.1) is 0 Å². The van der Waals surface area contributed by atoms with Gasteiger partial charge < -0.3 is 10.2 Å². The number of carbonyl (C=O) groups excluding carboxylic acids is 1. The van der Waals surface area contributed by atoms with Crippen LogP contribution in [0.2, 0.25) is 0 Å². The monoisotopic (exact) mass is 296 g/mol. The summed E-state index contributed by atoms with van der Waals surface area (Å²) in [7, 11) is 0. The fourth-order valence-corrected chi connectivity index (χ4v) is 2.79. The molecule has 0 aliphatic carbocycles. The molecule has 21 heavy (non-hydrogen) atoms. The summed E-state index contributed by atoms with van der Waals surface area (Å²) in [6.07, 6.45) is -2.71. The molecule has 1 amide bonds. The summed E-state index contributed by atoms with van der Waals surface area (Å²) in [5.74, 6) is -0.135. The number of alkyl halides is 3. The number of fused-ring (bicyclic) bond motifs is 1. The van der Waals surface area contributed by atoms with Crippen molar-refractivity contribution in [2.75, 3.05) is 18.4 Å². The minimum atomic E-state index is -4.28. The first-order valence-electron chi connectivity index (χ1n) is 6.84. The maximum Gasteiger partial charge on any atom is 0.412 e. The Kier molecular flexibility index (Phi) is 3.39. The molecule has 0 spiro atoms. The van der Waals surface area contributed by atoms with E-state index in [1.807, 2.05) is 24.3 Å². The molecule has 0 saturated heterocycles. The molecule has 3 nitrogen and oxygen atoms in total. The molecule has 2 heterocycles. The Morgan fingerprint density at radius 3 is 2.67 bits per heavy atom. The smallest absolute Gasteiger partial charge is 0.373 e. The first-order valence-corrected chi connectivity index (χ1v) is 6.84. The number of nitrogens with zero attached hydrogens (tertiary/aromatic N) is 1. The lowest BCUT2D eigenvalue weighted by Crippen LogP contribution is -2.44. The van der Waals surface area contributed by atoms with Crippen molar-refractivity contribution in [1.29, 1.82) is 0 Å². The van der Waals surface area contributed by atoms with E-state index in [-0.39, 0.29) is 31.5 Å². The van der Waals surface area contributed by atoms with Gasteiger partial charge in [0.05, 0.1) is 0 Å². The van der Waals surface area contributed by atoms with Gasteiger partial charge in [0, 0.05) is 30.8 Å². The summed E-state index contributed by atoms with van der Waals surface area (Å²) in [6.45, 7) is 0.154. The van der Waals surface area contributed by atoms with Crippen LogP contribution in [0.5, 0.6) is 0 Å². The Morgan fingerprint density at radius 2 is 2.05 bits per heavy atom. The molecule has 0 aromatic heterocycles. The highest BCUT2D eigenvalue weighted by Crippen LogP contribution is 2.31. The fraction of sp³-hybridized carbons (Fsp3) is 0.400. The van der Waals surface area contributed by atoms with Gasteiger partial charge in [0.15, 0.2) is 0 Å². The topological polar surface area (TPSA) is 32.3 Å². The quantitative estimate of drug-likeness (QED) is 0.808. The van der Waals surface area contributed by atoms with Crippen LogP contribution in [0, 0.1) is 0 Å². The molecule has 0 fully saturated rings. The standard InChI is InChI=1S/C15H15F3N2O/c16-15(17,18)11-5-7-20(8-6-11)14(21)13-9-10-3-1-2-4-12(10)19-13/h1-5,13,19H,6-9H2. The van der Waals surface area contributed by atoms with Gasteiger partial charge in [-0.2, -0.15) is 13.2 Å². The highest BCUT2D eigenvalue weighted by molar-refractivity contribution is 5.87. The van der Waals surface area contributed by atoms with Crippen molar-refractivity contribution in [3.05, 3.63) is 41.5 Å².